The number of sulfonamides is 1. The van der Waals surface area contributed by atoms with E-state index < -0.39 is 15.8 Å². The van der Waals surface area contributed by atoms with Gasteiger partial charge in [-0.05, 0) is 18.2 Å². The van der Waals surface area contributed by atoms with Crippen LogP contribution >= 0.6 is 28.1 Å². The largest absolute Gasteiger partial charge is 0.392 e. The fourth-order valence-corrected chi connectivity index (χ4v) is 3.41. The number of benzene rings is 1. The van der Waals surface area contributed by atoms with Crippen LogP contribution in [0.4, 0.5) is 4.39 Å². The fraction of sp³-hybridized carbons (Fsp3) is 0.300. The second-order valence-corrected chi connectivity index (χ2v) is 6.82. The molecule has 0 amide bonds. The zero-order valence-electron chi connectivity index (χ0n) is 9.56. The molecule has 0 radical (unpaired) electrons. The Morgan fingerprint density at radius 1 is 1.56 bits per heavy atom. The average Bonchev–Trinajstić information content (AvgIpc) is 2.24. The maximum Gasteiger partial charge on any atom is 0.246 e. The summed E-state index contributed by atoms with van der Waals surface area (Å²) in [4.78, 5) is -0.346. The van der Waals surface area contributed by atoms with Gasteiger partial charge in [0.1, 0.15) is 10.7 Å². The Kier molecular flexibility index (Phi) is 5.20. The van der Waals surface area contributed by atoms with E-state index in [2.05, 4.69) is 28.1 Å². The topological polar surface area (TPSA) is 63.4 Å². The van der Waals surface area contributed by atoms with Crippen molar-refractivity contribution in [2.45, 2.75) is 11.8 Å². The summed E-state index contributed by atoms with van der Waals surface area (Å²) >= 11 is 7.75. The van der Waals surface area contributed by atoms with Crippen LogP contribution in [0.5, 0.6) is 0 Å². The van der Waals surface area contributed by atoms with E-state index in [-0.39, 0.29) is 23.0 Å². The van der Waals surface area contributed by atoms with E-state index in [0.29, 0.717) is 4.47 Å². The Morgan fingerprint density at radius 2 is 2.17 bits per heavy atom. The van der Waals surface area contributed by atoms with Crippen molar-refractivity contribution in [2.24, 2.45) is 5.73 Å². The Bertz CT molecular complexity index is 563. The van der Waals surface area contributed by atoms with Crippen LogP contribution in [-0.4, -0.2) is 30.8 Å². The van der Waals surface area contributed by atoms with Crippen LogP contribution in [0.2, 0.25) is 0 Å². The summed E-state index contributed by atoms with van der Waals surface area (Å²) in [6.45, 7) is 1.69. The van der Waals surface area contributed by atoms with Crippen LogP contribution in [0.15, 0.2) is 27.6 Å². The van der Waals surface area contributed by atoms with Gasteiger partial charge in [0.15, 0.2) is 0 Å². The molecule has 0 fully saturated rings. The van der Waals surface area contributed by atoms with Crippen LogP contribution in [-0.2, 0) is 10.0 Å². The molecule has 1 aromatic carbocycles. The first kappa shape index (κ1) is 15.5. The minimum Gasteiger partial charge on any atom is -0.392 e. The fourth-order valence-electron chi connectivity index (χ4n) is 1.36. The molecule has 0 aliphatic carbocycles. The highest BCUT2D eigenvalue weighted by molar-refractivity contribution is 9.10. The van der Waals surface area contributed by atoms with Gasteiger partial charge in [-0.1, -0.05) is 35.1 Å². The Hall–Kier alpha value is -0.570. The predicted molar refractivity (Wildman–Crippen MR) is 75.3 cm³/mol. The molecule has 1 rings (SSSR count). The molecule has 0 atom stereocenters. The van der Waals surface area contributed by atoms with Crippen molar-refractivity contribution in [1.82, 2.24) is 4.31 Å². The van der Waals surface area contributed by atoms with Crippen LogP contribution in [0.1, 0.15) is 6.92 Å². The van der Waals surface area contributed by atoms with E-state index in [1.807, 2.05) is 0 Å². The molecule has 0 heterocycles. The van der Waals surface area contributed by atoms with E-state index >= 15 is 0 Å². The van der Waals surface area contributed by atoms with Crippen molar-refractivity contribution in [3.8, 4) is 0 Å². The molecule has 0 saturated heterocycles. The first-order valence-electron chi connectivity index (χ1n) is 5.02. The molecule has 0 spiro atoms. The molecule has 0 saturated carbocycles. The molecule has 4 nitrogen and oxygen atoms in total. The van der Waals surface area contributed by atoms with Gasteiger partial charge in [0, 0.05) is 11.0 Å². The van der Waals surface area contributed by atoms with Crippen LogP contribution < -0.4 is 5.73 Å². The molecule has 0 bridgehead atoms. The summed E-state index contributed by atoms with van der Waals surface area (Å²) < 4.78 is 39.6. The number of halogens is 2. The predicted octanol–water partition coefficient (Wildman–Crippen LogP) is 1.88. The smallest absolute Gasteiger partial charge is 0.246 e. The van der Waals surface area contributed by atoms with Crippen molar-refractivity contribution >= 4 is 43.2 Å². The van der Waals surface area contributed by atoms with Crippen molar-refractivity contribution in [3.63, 3.8) is 0 Å². The molecule has 8 heteroatoms. The number of nitrogens with two attached hydrogens (primary N) is 1. The Morgan fingerprint density at radius 3 is 2.61 bits per heavy atom. The van der Waals surface area contributed by atoms with E-state index in [4.69, 9.17) is 5.73 Å². The summed E-state index contributed by atoms with van der Waals surface area (Å²) in [5.74, 6) is -0.814. The molecular weight excluding hydrogens is 343 g/mol. The van der Waals surface area contributed by atoms with Crippen molar-refractivity contribution < 1.29 is 12.8 Å². The van der Waals surface area contributed by atoms with Gasteiger partial charge in [-0.3, -0.25) is 0 Å². The lowest BCUT2D eigenvalue weighted by Gasteiger charge is -2.20. The van der Waals surface area contributed by atoms with E-state index in [9.17, 15) is 12.8 Å². The van der Waals surface area contributed by atoms with Gasteiger partial charge in [-0.2, -0.15) is 4.31 Å². The quantitative estimate of drug-likeness (QED) is 0.820. The number of nitrogens with zero attached hydrogens (tertiary/aromatic N) is 1. The summed E-state index contributed by atoms with van der Waals surface area (Å²) in [7, 11) is -3.92. The zero-order chi connectivity index (χ0) is 13.9. The lowest BCUT2D eigenvalue weighted by atomic mass is 10.3. The van der Waals surface area contributed by atoms with Gasteiger partial charge < -0.3 is 5.73 Å². The number of hydrogen-bond acceptors (Lipinski definition) is 3. The normalized spacial score (nSPS) is 11.8. The van der Waals surface area contributed by atoms with E-state index in [1.54, 1.807) is 6.92 Å². The van der Waals surface area contributed by atoms with Gasteiger partial charge >= 0.3 is 0 Å². The van der Waals surface area contributed by atoms with Gasteiger partial charge in [0.25, 0.3) is 0 Å². The highest BCUT2D eigenvalue weighted by Crippen LogP contribution is 2.22. The maximum atomic E-state index is 13.7. The molecule has 0 aliphatic rings. The Balaban J connectivity index is 3.23. The van der Waals surface area contributed by atoms with Crippen LogP contribution in [0, 0.1) is 5.82 Å². The first-order valence-corrected chi connectivity index (χ1v) is 7.66. The minimum absolute atomic E-state index is 0.0398. The van der Waals surface area contributed by atoms with Gasteiger partial charge in [-0.25, -0.2) is 12.8 Å². The standard InChI is InChI=1S/C10H12BrFN2O2S2/c1-2-14(6-10(13)17)18(15,16)9-4-3-7(11)5-8(9)12/h3-5H,2,6H2,1H3,(H2,13,17). The van der Waals surface area contributed by atoms with Crippen molar-refractivity contribution in [2.75, 3.05) is 13.1 Å². The van der Waals surface area contributed by atoms with Crippen LogP contribution in [0.3, 0.4) is 0 Å². The van der Waals surface area contributed by atoms with Gasteiger partial charge in [0.2, 0.25) is 10.0 Å². The van der Waals surface area contributed by atoms with Gasteiger partial charge in [0.05, 0.1) is 11.5 Å². The molecule has 0 unspecified atom stereocenters. The lowest BCUT2D eigenvalue weighted by molar-refractivity contribution is 0.461. The number of thiocarbonyl (C=S) groups is 1. The summed E-state index contributed by atoms with van der Waals surface area (Å²) in [5, 5.41) is 0. The third-order valence-corrected chi connectivity index (χ3v) is 4.77. The second-order valence-electron chi connectivity index (χ2n) is 3.47. The molecule has 0 aliphatic heterocycles. The Labute approximate surface area is 119 Å². The van der Waals surface area contributed by atoms with Crippen molar-refractivity contribution in [1.29, 1.82) is 0 Å². The summed E-state index contributed by atoms with van der Waals surface area (Å²) in [6, 6.07) is 3.77. The van der Waals surface area contributed by atoms with E-state index in [1.165, 1.54) is 12.1 Å². The van der Waals surface area contributed by atoms with E-state index in [0.717, 1.165) is 10.4 Å². The average molecular weight is 355 g/mol. The molecular formula is C10H12BrFN2O2S2. The van der Waals surface area contributed by atoms with Crippen molar-refractivity contribution in [3.05, 3.63) is 28.5 Å². The monoisotopic (exact) mass is 354 g/mol. The third kappa shape index (κ3) is 3.47. The number of hydrogen-bond donors (Lipinski definition) is 1. The molecule has 100 valence electrons. The molecule has 2 N–H and O–H groups in total. The van der Waals surface area contributed by atoms with Gasteiger partial charge in [-0.15, -0.1) is 0 Å². The molecule has 18 heavy (non-hydrogen) atoms. The third-order valence-electron chi connectivity index (χ3n) is 2.20. The maximum absolute atomic E-state index is 13.7. The highest BCUT2D eigenvalue weighted by Gasteiger charge is 2.26. The molecule has 0 aromatic heterocycles. The SMILES string of the molecule is CCN(CC(N)=S)S(=O)(=O)c1ccc(Br)cc1F. The minimum atomic E-state index is -3.92. The second kappa shape index (κ2) is 6.05. The number of likely N-dealkylation sites (N-methyl/N-ethyl adjacent to an activating group) is 1. The van der Waals surface area contributed by atoms with Crippen LogP contribution in [0.25, 0.3) is 0 Å². The lowest BCUT2D eigenvalue weighted by Crippen LogP contribution is -2.37. The summed E-state index contributed by atoms with van der Waals surface area (Å²) in [6.07, 6.45) is 0. The first-order chi connectivity index (χ1) is 8.28. The molecule has 1 aromatic rings. The zero-order valence-corrected chi connectivity index (χ0v) is 12.8. The number of rotatable bonds is 5. The summed E-state index contributed by atoms with van der Waals surface area (Å²) in [5.41, 5.74) is 5.33. The highest BCUT2D eigenvalue weighted by atomic mass is 79.9.